The lowest BCUT2D eigenvalue weighted by molar-refractivity contribution is -0.160. The number of allylic oxidation sites excluding steroid dienone is 2. The number of nitrogen functional groups attached to an aromatic ring is 1. The molecule has 73 heavy (non-hydrogen) atoms. The number of aliphatic hydroxyl groups is 5. The highest BCUT2D eigenvalue weighted by Gasteiger charge is 2.50. The normalized spacial score (nSPS) is 30.3. The number of nitrogens with one attached hydrogen (secondary N) is 1. The van der Waals surface area contributed by atoms with Crippen LogP contribution in [0.5, 0.6) is 23.0 Å². The molecular weight excluding hydrogens is 957 g/mol. The first kappa shape index (κ1) is 53.9. The third-order valence-corrected chi connectivity index (χ3v) is 13.9. The van der Waals surface area contributed by atoms with Crippen LogP contribution >= 0.6 is 0 Å². The first-order valence-electron chi connectivity index (χ1n) is 23.4. The summed E-state index contributed by atoms with van der Waals surface area (Å²) in [6.45, 7) is 11.5. The molecule has 24 heteroatoms. The Morgan fingerprint density at radius 2 is 1.67 bits per heavy atom. The molecule has 0 spiro atoms. The first-order valence-corrected chi connectivity index (χ1v) is 23.4. The molecule has 2 aromatic heterocycles. The van der Waals surface area contributed by atoms with Gasteiger partial charge in [0.2, 0.25) is 5.95 Å². The standard InChI is InChI=1S/C49H62N8O16/c1-19-12-11-13-20(2)46(68)54-32-26(16-53-56(9)48-55-33-44(50)51-18-52-45(33)57(48)47-40(66)38(64)28(17-58)72-47)37(63)29-30(39(32)65)36(62)24(6)42-31(29)43(67)49(8,73-42)70-15-14-27(69-10)21(3)41(71-25(7)59)23(5)35(61)22(4)34(19)60/h11-16,18-19,21-23,27-28,34-35,38,40-41,47,58,60-66H,17H2,1-10H3,(H,54,68)(H2,50,51,52)/b12-11?,15-14?,20-13?,53-16-. The van der Waals surface area contributed by atoms with E-state index in [0.29, 0.717) is 0 Å². The minimum absolute atomic E-state index is 0.0278. The number of carbonyl (C=O) groups is 3. The Morgan fingerprint density at radius 3 is 2.32 bits per heavy atom. The van der Waals surface area contributed by atoms with Gasteiger partial charge >= 0.3 is 11.8 Å². The number of hydrogen-bond donors (Lipinski definition) is 10. The van der Waals surface area contributed by atoms with Crippen LogP contribution in [0, 0.1) is 30.6 Å². The van der Waals surface area contributed by atoms with Gasteiger partial charge in [0.15, 0.2) is 29.0 Å². The monoisotopic (exact) mass is 1020 g/mol. The summed E-state index contributed by atoms with van der Waals surface area (Å²) in [5.74, 6) is -9.96. The number of hydrogen-bond acceptors (Lipinski definition) is 22. The fourth-order valence-electron chi connectivity index (χ4n) is 9.54. The van der Waals surface area contributed by atoms with Crippen LogP contribution in [0.3, 0.4) is 0 Å². The van der Waals surface area contributed by atoms with E-state index in [1.807, 2.05) is 0 Å². The van der Waals surface area contributed by atoms with Crippen LogP contribution in [0.1, 0.15) is 76.2 Å². The molecule has 24 nitrogen and oxygen atoms in total. The Bertz CT molecular complexity index is 2940. The number of esters is 1. The molecule has 1 fully saturated rings. The molecule has 13 atom stereocenters. The number of hydrazone groups is 1. The van der Waals surface area contributed by atoms with E-state index in [2.05, 4.69) is 25.4 Å². The van der Waals surface area contributed by atoms with Crippen LogP contribution < -0.4 is 20.8 Å². The minimum atomic E-state index is -2.18. The number of amides is 1. The first-order chi connectivity index (χ1) is 34.4. The average Bonchev–Trinajstić information content (AvgIpc) is 3.98. The number of aromatic hydroxyl groups is 3. The quantitative estimate of drug-likeness (QED) is 0.0418. The van der Waals surface area contributed by atoms with Gasteiger partial charge in [-0.25, -0.2) is 20.0 Å². The predicted molar refractivity (Wildman–Crippen MR) is 263 cm³/mol. The molecule has 11 N–H and O–H groups in total. The zero-order valence-electron chi connectivity index (χ0n) is 41.8. The number of anilines is 3. The number of fused-ring (bicyclic) bond motifs is 15. The van der Waals surface area contributed by atoms with Crippen molar-refractivity contribution in [2.45, 2.75) is 110 Å². The maximum atomic E-state index is 14.7. The number of benzene rings is 2. The van der Waals surface area contributed by atoms with E-state index in [-0.39, 0.29) is 45.4 Å². The summed E-state index contributed by atoms with van der Waals surface area (Å²) in [6, 6.07) is 0. The molecule has 1 saturated heterocycles. The van der Waals surface area contributed by atoms with Crippen molar-refractivity contribution in [3.05, 3.63) is 59.2 Å². The molecule has 0 saturated carbocycles. The van der Waals surface area contributed by atoms with Crippen LogP contribution in [0.15, 0.2) is 47.6 Å². The second-order valence-electron chi connectivity index (χ2n) is 18.8. The van der Waals surface area contributed by atoms with Crippen molar-refractivity contribution in [1.82, 2.24) is 19.5 Å². The number of phenols is 3. The number of ketones is 1. The zero-order chi connectivity index (χ0) is 53.7. The molecule has 394 valence electrons. The number of aliphatic hydroxyl groups excluding tert-OH is 5. The van der Waals surface area contributed by atoms with Gasteiger partial charge in [0, 0.05) is 68.2 Å². The van der Waals surface area contributed by atoms with Gasteiger partial charge in [-0.2, -0.15) is 5.10 Å². The SMILES string of the molecule is COC1C=COC2(C)Oc3c(C)c(O)c4c(O)c(c(/C=N\N(C)c5nc6c(N)ncnc6n5C5OC(CO)C(O)C5O)c(O)c4c3C2=O)NC(=O)C(C)=CC=CC(C)C(O)C(C)C(O)C(C)C(OC(C)=O)C1C. The van der Waals surface area contributed by atoms with Gasteiger partial charge in [-0.05, 0) is 19.9 Å². The highest BCUT2D eigenvalue weighted by molar-refractivity contribution is 6.24. The Labute approximate surface area is 418 Å². The number of carbonyl (C=O) groups excluding carboxylic acids is 3. The fraction of sp³-hybridized carbons (Fsp3) is 0.490. The molecule has 0 aliphatic carbocycles. The van der Waals surface area contributed by atoms with Crippen molar-refractivity contribution in [1.29, 1.82) is 0 Å². The molecular formula is C49H62N8O16. The van der Waals surface area contributed by atoms with Gasteiger partial charge < -0.3 is 75.6 Å². The van der Waals surface area contributed by atoms with E-state index in [1.54, 1.807) is 33.8 Å². The summed E-state index contributed by atoms with van der Waals surface area (Å²) in [4.78, 5) is 54.0. The van der Waals surface area contributed by atoms with Crippen molar-refractivity contribution in [2.75, 3.05) is 36.8 Å². The number of Topliss-reactive ketones (excluding diaryl/α,β-unsaturated/α-hetero) is 1. The van der Waals surface area contributed by atoms with E-state index in [4.69, 9.17) is 29.4 Å². The summed E-state index contributed by atoms with van der Waals surface area (Å²) >= 11 is 0. The van der Waals surface area contributed by atoms with Crippen LogP contribution in [-0.4, -0.2) is 154 Å². The summed E-state index contributed by atoms with van der Waals surface area (Å²) in [5, 5.41) is 98.4. The number of nitrogens with two attached hydrogens (primary N) is 1. The van der Waals surface area contributed by atoms with Gasteiger partial charge in [0.05, 0.1) is 59.6 Å². The molecule has 6 heterocycles. The van der Waals surface area contributed by atoms with Gasteiger partial charge in [0.1, 0.15) is 48.0 Å². The van der Waals surface area contributed by atoms with Crippen molar-refractivity contribution in [2.24, 2.45) is 28.8 Å². The van der Waals surface area contributed by atoms with Crippen molar-refractivity contribution in [3.8, 4) is 23.0 Å². The topological polar surface area (TPSA) is 356 Å². The average molecular weight is 1020 g/mol. The molecule has 2 aromatic carbocycles. The summed E-state index contributed by atoms with van der Waals surface area (Å²) in [5.41, 5.74) is 4.99. The van der Waals surface area contributed by atoms with E-state index in [9.17, 15) is 55.2 Å². The van der Waals surface area contributed by atoms with Crippen LogP contribution in [0.2, 0.25) is 0 Å². The number of nitrogens with zero attached hydrogens (tertiary/aromatic N) is 6. The van der Waals surface area contributed by atoms with Crippen molar-refractivity contribution >= 4 is 63.3 Å². The third kappa shape index (κ3) is 9.62. The van der Waals surface area contributed by atoms with E-state index < -0.39 is 142 Å². The minimum Gasteiger partial charge on any atom is -0.507 e. The largest absolute Gasteiger partial charge is 0.507 e. The van der Waals surface area contributed by atoms with Crippen molar-refractivity contribution in [3.63, 3.8) is 0 Å². The van der Waals surface area contributed by atoms with Gasteiger partial charge in [-0.3, -0.25) is 19.0 Å². The predicted octanol–water partition coefficient (Wildman–Crippen LogP) is 2.56. The lowest BCUT2D eigenvalue weighted by atomic mass is 9.78. The maximum absolute atomic E-state index is 14.7. The Kier molecular flexibility index (Phi) is 15.4. The molecule has 5 bridgehead atoms. The Hall–Kier alpha value is -6.93. The molecule has 4 aliphatic rings. The second-order valence-corrected chi connectivity index (χ2v) is 18.8. The number of ether oxygens (including phenoxy) is 5. The zero-order valence-corrected chi connectivity index (χ0v) is 41.8. The van der Waals surface area contributed by atoms with Gasteiger partial charge in [-0.1, -0.05) is 45.9 Å². The number of imidazole rings is 1. The number of aromatic nitrogens is 4. The molecule has 8 rings (SSSR count). The highest BCUT2D eigenvalue weighted by Crippen LogP contribution is 2.55. The van der Waals surface area contributed by atoms with E-state index >= 15 is 0 Å². The summed E-state index contributed by atoms with van der Waals surface area (Å²) < 4.78 is 30.8. The Balaban J connectivity index is 1.41. The van der Waals surface area contributed by atoms with E-state index in [1.165, 1.54) is 64.6 Å². The second kappa shape index (κ2) is 20.9. The molecule has 1 amide bonds. The van der Waals surface area contributed by atoms with Gasteiger partial charge in [-0.15, -0.1) is 0 Å². The number of rotatable bonds is 7. The third-order valence-electron chi connectivity index (χ3n) is 13.9. The lowest BCUT2D eigenvalue weighted by Gasteiger charge is -2.38. The smallest absolute Gasteiger partial charge is 0.312 e. The molecule has 13 unspecified atom stereocenters. The Morgan fingerprint density at radius 1 is 0.973 bits per heavy atom. The van der Waals surface area contributed by atoms with Crippen LogP contribution in [0.4, 0.5) is 17.5 Å². The fourth-order valence-corrected chi connectivity index (χ4v) is 9.54. The molecule has 4 aliphatic heterocycles. The molecule has 4 aromatic rings. The van der Waals surface area contributed by atoms with Gasteiger partial charge in [0.25, 0.3) is 11.7 Å². The molecule has 0 radical (unpaired) electrons. The van der Waals surface area contributed by atoms with E-state index in [0.717, 1.165) is 23.8 Å². The summed E-state index contributed by atoms with van der Waals surface area (Å²) in [6.07, 6.45) is -0.703. The number of phenolic OH excluding ortho intramolecular Hbond substituents is 3. The summed E-state index contributed by atoms with van der Waals surface area (Å²) in [7, 11) is 2.78. The van der Waals surface area contributed by atoms with Crippen molar-refractivity contribution < 1.29 is 78.9 Å². The number of methoxy groups -OCH3 is 1. The highest BCUT2D eigenvalue weighted by atomic mass is 16.7. The maximum Gasteiger partial charge on any atom is 0.312 e. The van der Waals surface area contributed by atoms with Crippen LogP contribution in [-0.2, 0) is 28.5 Å². The van der Waals surface area contributed by atoms with Crippen LogP contribution in [0.25, 0.3) is 21.9 Å². The lowest BCUT2D eigenvalue weighted by Crippen LogP contribution is -2.46.